The van der Waals surface area contributed by atoms with Gasteiger partial charge in [0, 0.05) is 16.1 Å². The number of benzene rings is 2. The minimum absolute atomic E-state index is 0.326. The van der Waals surface area contributed by atoms with E-state index >= 15 is 0 Å². The Hall–Kier alpha value is -1.53. The molecule has 0 spiro atoms. The monoisotopic (exact) mass is 311 g/mol. The number of thioether (sulfide) groups is 1. The minimum atomic E-state index is -3.35. The van der Waals surface area contributed by atoms with Crippen molar-refractivity contribution in [2.45, 2.75) is 4.90 Å². The van der Waals surface area contributed by atoms with Crippen LogP contribution in [-0.4, -0.2) is 20.9 Å². The third-order valence-corrected chi connectivity index (χ3v) is 4.04. The molecule has 20 heavy (non-hydrogen) atoms. The minimum Gasteiger partial charge on any atom is -0.284 e. The Bertz CT molecular complexity index is 730. The first-order chi connectivity index (χ1) is 9.40. The summed E-state index contributed by atoms with van der Waals surface area (Å²) in [5.41, 5.74) is 1.54. The zero-order chi connectivity index (χ0) is 14.8. The number of rotatable bonds is 4. The summed E-state index contributed by atoms with van der Waals surface area (Å²) in [7, 11) is -3.35. The molecule has 0 saturated carbocycles. The van der Waals surface area contributed by atoms with Gasteiger partial charge in [0.25, 0.3) is 0 Å². The van der Waals surface area contributed by atoms with E-state index in [0.29, 0.717) is 16.8 Å². The molecule has 0 aliphatic carbocycles. The maximum absolute atomic E-state index is 14.0. The van der Waals surface area contributed by atoms with Crippen molar-refractivity contribution in [3.63, 3.8) is 0 Å². The molecule has 0 aliphatic heterocycles. The van der Waals surface area contributed by atoms with E-state index in [0.717, 1.165) is 11.2 Å². The van der Waals surface area contributed by atoms with Crippen molar-refractivity contribution >= 4 is 27.5 Å². The first-order valence-electron chi connectivity index (χ1n) is 5.81. The van der Waals surface area contributed by atoms with Crippen LogP contribution in [0.15, 0.2) is 47.4 Å². The van der Waals surface area contributed by atoms with Crippen LogP contribution in [0.5, 0.6) is 0 Å². The van der Waals surface area contributed by atoms with Crippen LogP contribution in [0.25, 0.3) is 11.1 Å². The average molecular weight is 311 g/mol. The van der Waals surface area contributed by atoms with Crippen LogP contribution >= 0.6 is 11.8 Å². The summed E-state index contributed by atoms with van der Waals surface area (Å²) in [6.45, 7) is 0. The highest BCUT2D eigenvalue weighted by molar-refractivity contribution is 7.98. The van der Waals surface area contributed by atoms with Gasteiger partial charge in [0.05, 0.1) is 6.26 Å². The van der Waals surface area contributed by atoms with Crippen LogP contribution in [0.2, 0.25) is 0 Å². The summed E-state index contributed by atoms with van der Waals surface area (Å²) >= 11 is 1.44. The number of hydrogen-bond acceptors (Lipinski definition) is 3. The first-order valence-corrected chi connectivity index (χ1v) is 8.93. The quantitative estimate of drug-likeness (QED) is 0.878. The maximum atomic E-state index is 14.0. The highest BCUT2D eigenvalue weighted by Crippen LogP contribution is 2.33. The molecule has 2 aromatic carbocycles. The van der Waals surface area contributed by atoms with Crippen molar-refractivity contribution in [2.24, 2.45) is 0 Å². The second-order valence-corrected chi connectivity index (χ2v) is 6.87. The first kappa shape index (κ1) is 14.9. The molecular weight excluding hydrogens is 297 g/mol. The van der Waals surface area contributed by atoms with E-state index in [1.54, 1.807) is 30.3 Å². The second-order valence-electron chi connectivity index (χ2n) is 4.27. The fraction of sp³-hybridized carbons (Fsp3) is 0.143. The third-order valence-electron chi connectivity index (χ3n) is 2.65. The van der Waals surface area contributed by atoms with Crippen molar-refractivity contribution in [2.75, 3.05) is 17.2 Å². The summed E-state index contributed by atoms with van der Waals surface area (Å²) in [6.07, 6.45) is 2.95. The van der Waals surface area contributed by atoms with Crippen LogP contribution < -0.4 is 4.72 Å². The zero-order valence-corrected chi connectivity index (χ0v) is 12.7. The van der Waals surface area contributed by atoms with Crippen LogP contribution in [0.3, 0.4) is 0 Å². The standard InChI is InChI=1S/C14H14FNO2S2/c1-19-13-8-4-7-12(15)14(13)10-5-3-6-11(9-10)16-20(2,17)18/h3-9,16H,1-2H3. The molecule has 106 valence electrons. The van der Waals surface area contributed by atoms with E-state index in [-0.39, 0.29) is 5.82 Å². The molecule has 0 saturated heterocycles. The summed E-state index contributed by atoms with van der Waals surface area (Å²) in [5.74, 6) is -0.326. The molecule has 0 heterocycles. The lowest BCUT2D eigenvalue weighted by atomic mass is 10.0. The molecule has 2 rings (SSSR count). The summed E-state index contributed by atoms with van der Waals surface area (Å²) in [5, 5.41) is 0. The van der Waals surface area contributed by atoms with E-state index in [2.05, 4.69) is 4.72 Å². The van der Waals surface area contributed by atoms with Crippen molar-refractivity contribution < 1.29 is 12.8 Å². The number of nitrogens with one attached hydrogen (secondary N) is 1. The average Bonchev–Trinajstić information content (AvgIpc) is 2.36. The summed E-state index contributed by atoms with van der Waals surface area (Å²) in [4.78, 5) is 0.807. The maximum Gasteiger partial charge on any atom is 0.229 e. The Morgan fingerprint density at radius 1 is 1.15 bits per heavy atom. The van der Waals surface area contributed by atoms with Crippen LogP contribution in [0.4, 0.5) is 10.1 Å². The molecule has 0 amide bonds. The Kier molecular flexibility index (Phi) is 4.35. The van der Waals surface area contributed by atoms with Gasteiger partial charge in [-0.25, -0.2) is 12.8 Å². The van der Waals surface area contributed by atoms with Gasteiger partial charge in [-0.3, -0.25) is 4.72 Å². The SMILES string of the molecule is CSc1cccc(F)c1-c1cccc(NS(C)(=O)=O)c1. The molecular formula is C14H14FNO2S2. The lowest BCUT2D eigenvalue weighted by molar-refractivity contribution is 0.607. The Labute approximate surface area is 122 Å². The molecule has 0 bridgehead atoms. The fourth-order valence-electron chi connectivity index (χ4n) is 1.91. The van der Waals surface area contributed by atoms with Gasteiger partial charge in [-0.05, 0) is 36.1 Å². The highest BCUT2D eigenvalue weighted by Gasteiger charge is 2.11. The number of sulfonamides is 1. The molecule has 0 radical (unpaired) electrons. The molecule has 1 N–H and O–H groups in total. The van der Waals surface area contributed by atoms with Crippen molar-refractivity contribution in [1.29, 1.82) is 0 Å². The van der Waals surface area contributed by atoms with Gasteiger partial charge >= 0.3 is 0 Å². The molecule has 0 unspecified atom stereocenters. The largest absolute Gasteiger partial charge is 0.284 e. The number of hydrogen-bond donors (Lipinski definition) is 1. The van der Waals surface area contributed by atoms with E-state index in [1.807, 2.05) is 12.3 Å². The molecule has 0 aliphatic rings. The van der Waals surface area contributed by atoms with Gasteiger partial charge in [0.1, 0.15) is 5.82 Å². The lowest BCUT2D eigenvalue weighted by Crippen LogP contribution is -2.09. The van der Waals surface area contributed by atoms with Crippen molar-refractivity contribution in [3.8, 4) is 11.1 Å². The Morgan fingerprint density at radius 2 is 1.85 bits per heavy atom. The van der Waals surface area contributed by atoms with Crippen LogP contribution in [0.1, 0.15) is 0 Å². The van der Waals surface area contributed by atoms with Crippen molar-refractivity contribution in [1.82, 2.24) is 0 Å². The lowest BCUT2D eigenvalue weighted by Gasteiger charge is -2.11. The van der Waals surface area contributed by atoms with E-state index in [9.17, 15) is 12.8 Å². The van der Waals surface area contributed by atoms with Gasteiger partial charge in [-0.15, -0.1) is 11.8 Å². The molecule has 3 nitrogen and oxygen atoms in total. The van der Waals surface area contributed by atoms with Gasteiger partial charge in [0.15, 0.2) is 0 Å². The van der Waals surface area contributed by atoms with Gasteiger partial charge < -0.3 is 0 Å². The smallest absolute Gasteiger partial charge is 0.229 e. The number of anilines is 1. The van der Waals surface area contributed by atoms with Crippen LogP contribution in [0, 0.1) is 5.82 Å². The Balaban J connectivity index is 2.52. The fourth-order valence-corrected chi connectivity index (χ4v) is 3.10. The number of halogens is 1. The highest BCUT2D eigenvalue weighted by atomic mass is 32.2. The second kappa shape index (κ2) is 5.85. The van der Waals surface area contributed by atoms with Gasteiger partial charge in [-0.2, -0.15) is 0 Å². The van der Waals surface area contributed by atoms with E-state index < -0.39 is 10.0 Å². The van der Waals surface area contributed by atoms with Gasteiger partial charge in [0.2, 0.25) is 10.0 Å². The molecule has 6 heteroatoms. The molecule has 0 aromatic heterocycles. The van der Waals surface area contributed by atoms with E-state index in [1.165, 1.54) is 17.8 Å². The predicted molar refractivity (Wildman–Crippen MR) is 82.1 cm³/mol. The third kappa shape index (κ3) is 3.52. The van der Waals surface area contributed by atoms with E-state index in [4.69, 9.17) is 0 Å². The predicted octanol–water partition coefficient (Wildman–Crippen LogP) is 3.59. The summed E-state index contributed by atoms with van der Waals surface area (Å²) < 4.78 is 38.9. The van der Waals surface area contributed by atoms with Gasteiger partial charge in [-0.1, -0.05) is 18.2 Å². The molecule has 2 aromatic rings. The Morgan fingerprint density at radius 3 is 2.50 bits per heavy atom. The summed E-state index contributed by atoms with van der Waals surface area (Å²) in [6, 6.07) is 11.6. The zero-order valence-electron chi connectivity index (χ0n) is 11.1. The topological polar surface area (TPSA) is 46.2 Å². The normalized spacial score (nSPS) is 11.3. The molecule has 0 fully saturated rings. The molecule has 0 atom stereocenters. The van der Waals surface area contributed by atoms with Crippen molar-refractivity contribution in [3.05, 3.63) is 48.3 Å². The van der Waals surface area contributed by atoms with Crippen LogP contribution in [-0.2, 0) is 10.0 Å².